The summed E-state index contributed by atoms with van der Waals surface area (Å²) in [6.07, 6.45) is 2.50. The Hall–Kier alpha value is -2.43. The lowest BCUT2D eigenvalue weighted by molar-refractivity contribution is 0.102. The number of H-pyrrole nitrogens is 1. The Morgan fingerprint density at radius 3 is 2.83 bits per heavy atom. The van der Waals surface area contributed by atoms with Crippen molar-refractivity contribution in [1.29, 1.82) is 0 Å². The van der Waals surface area contributed by atoms with Crippen LogP contribution in [0.15, 0.2) is 35.5 Å². The second-order valence-corrected chi connectivity index (χ2v) is 4.07. The van der Waals surface area contributed by atoms with Gasteiger partial charge in [0.15, 0.2) is 0 Å². The molecule has 0 atom stereocenters. The highest BCUT2D eigenvalue weighted by Gasteiger charge is 2.11. The summed E-state index contributed by atoms with van der Waals surface area (Å²) < 4.78 is 0. The molecule has 0 saturated heterocycles. The van der Waals surface area contributed by atoms with E-state index in [0.717, 1.165) is 11.1 Å². The Kier molecular flexibility index (Phi) is 3.23. The molecule has 0 spiro atoms. The zero-order chi connectivity index (χ0) is 13.1. The van der Waals surface area contributed by atoms with Crippen molar-refractivity contribution in [3.8, 4) is 0 Å². The van der Waals surface area contributed by atoms with E-state index in [1.54, 1.807) is 0 Å². The number of anilines is 1. The third kappa shape index (κ3) is 2.45. The summed E-state index contributed by atoms with van der Waals surface area (Å²) in [5.74, 6) is -0.460. The third-order valence-electron chi connectivity index (χ3n) is 2.60. The van der Waals surface area contributed by atoms with E-state index >= 15 is 0 Å². The van der Waals surface area contributed by atoms with Gasteiger partial charge in [-0.05, 0) is 31.0 Å². The summed E-state index contributed by atoms with van der Waals surface area (Å²) in [5.41, 5.74) is 2.22. The van der Waals surface area contributed by atoms with Crippen LogP contribution in [0.1, 0.15) is 21.5 Å². The molecule has 18 heavy (non-hydrogen) atoms. The van der Waals surface area contributed by atoms with Crippen molar-refractivity contribution in [2.24, 2.45) is 0 Å². The molecule has 92 valence electrons. The predicted molar refractivity (Wildman–Crippen MR) is 68.7 cm³/mol. The van der Waals surface area contributed by atoms with E-state index in [1.165, 1.54) is 12.5 Å². The van der Waals surface area contributed by atoms with Crippen LogP contribution in [0.25, 0.3) is 0 Å². The largest absolute Gasteiger partial charge is 0.322 e. The minimum Gasteiger partial charge on any atom is -0.322 e. The summed E-state index contributed by atoms with van der Waals surface area (Å²) in [6, 6.07) is 5.73. The van der Waals surface area contributed by atoms with Crippen molar-refractivity contribution < 1.29 is 4.79 Å². The topological polar surface area (TPSA) is 74.8 Å². The highest BCUT2D eigenvalue weighted by Crippen LogP contribution is 2.16. The maximum atomic E-state index is 11.9. The Labute approximate surface area is 104 Å². The van der Waals surface area contributed by atoms with Crippen LogP contribution in [0.3, 0.4) is 0 Å². The van der Waals surface area contributed by atoms with Gasteiger partial charge in [0.05, 0.1) is 6.33 Å². The van der Waals surface area contributed by atoms with Gasteiger partial charge in [-0.25, -0.2) is 4.98 Å². The highest BCUT2D eigenvalue weighted by molar-refractivity contribution is 6.04. The number of nitrogens with one attached hydrogen (secondary N) is 2. The minimum absolute atomic E-state index is 0.00148. The smallest absolute Gasteiger partial charge is 0.263 e. The van der Waals surface area contributed by atoms with Gasteiger partial charge in [0.25, 0.3) is 11.5 Å². The maximum absolute atomic E-state index is 11.9. The number of benzene rings is 1. The van der Waals surface area contributed by atoms with Gasteiger partial charge >= 0.3 is 0 Å². The standard InChI is InChI=1S/C13H13N3O2/c1-8-3-4-9(2)11(5-8)16-13(18)10-6-14-7-15-12(10)17/h3-7H,1-2H3,(H,16,18)(H,14,15,17). The molecular formula is C13H13N3O2. The average Bonchev–Trinajstić information content (AvgIpc) is 2.34. The molecule has 0 aliphatic rings. The van der Waals surface area contributed by atoms with Crippen LogP contribution in [-0.4, -0.2) is 15.9 Å². The van der Waals surface area contributed by atoms with E-state index in [2.05, 4.69) is 15.3 Å². The van der Waals surface area contributed by atoms with E-state index in [9.17, 15) is 9.59 Å². The van der Waals surface area contributed by atoms with Crippen molar-refractivity contribution in [3.05, 3.63) is 57.8 Å². The fraction of sp³-hybridized carbons (Fsp3) is 0.154. The fourth-order valence-electron chi connectivity index (χ4n) is 1.57. The zero-order valence-corrected chi connectivity index (χ0v) is 10.2. The molecule has 0 unspecified atom stereocenters. The van der Waals surface area contributed by atoms with Crippen molar-refractivity contribution in [1.82, 2.24) is 9.97 Å². The van der Waals surface area contributed by atoms with Crippen molar-refractivity contribution in [3.63, 3.8) is 0 Å². The van der Waals surface area contributed by atoms with E-state index in [-0.39, 0.29) is 5.56 Å². The molecule has 0 aliphatic heterocycles. The molecule has 0 saturated carbocycles. The lowest BCUT2D eigenvalue weighted by Crippen LogP contribution is -2.23. The lowest BCUT2D eigenvalue weighted by Gasteiger charge is -2.08. The van der Waals surface area contributed by atoms with E-state index < -0.39 is 11.5 Å². The van der Waals surface area contributed by atoms with Gasteiger partial charge in [-0.15, -0.1) is 0 Å². The van der Waals surface area contributed by atoms with Crippen LogP contribution in [0, 0.1) is 13.8 Å². The Morgan fingerprint density at radius 2 is 2.11 bits per heavy atom. The zero-order valence-electron chi connectivity index (χ0n) is 10.2. The molecule has 1 heterocycles. The number of aromatic amines is 1. The fourth-order valence-corrected chi connectivity index (χ4v) is 1.57. The summed E-state index contributed by atoms with van der Waals surface area (Å²) in [4.78, 5) is 29.5. The van der Waals surface area contributed by atoms with Crippen LogP contribution in [-0.2, 0) is 0 Å². The number of carbonyl (C=O) groups excluding carboxylic acids is 1. The van der Waals surface area contributed by atoms with Gasteiger partial charge in [-0.1, -0.05) is 12.1 Å². The molecule has 2 aromatic rings. The Morgan fingerprint density at radius 1 is 1.33 bits per heavy atom. The first-order chi connectivity index (χ1) is 8.58. The number of aromatic nitrogens is 2. The van der Waals surface area contributed by atoms with E-state index in [1.807, 2.05) is 32.0 Å². The number of rotatable bonds is 2. The highest BCUT2D eigenvalue weighted by atomic mass is 16.2. The molecule has 5 nitrogen and oxygen atoms in total. The second kappa shape index (κ2) is 4.83. The Balaban J connectivity index is 2.30. The molecular weight excluding hydrogens is 230 g/mol. The minimum atomic E-state index is -0.460. The number of hydrogen-bond donors (Lipinski definition) is 2. The average molecular weight is 243 g/mol. The molecule has 2 N–H and O–H groups in total. The lowest BCUT2D eigenvalue weighted by atomic mass is 10.1. The normalized spacial score (nSPS) is 10.1. The summed E-state index contributed by atoms with van der Waals surface area (Å²) in [6.45, 7) is 3.83. The van der Waals surface area contributed by atoms with E-state index in [0.29, 0.717) is 5.69 Å². The Bertz CT molecular complexity index is 647. The number of carbonyl (C=O) groups is 1. The summed E-state index contributed by atoms with van der Waals surface area (Å²) >= 11 is 0. The SMILES string of the molecule is Cc1ccc(C)c(NC(=O)c2cnc[nH]c2=O)c1. The molecule has 0 bridgehead atoms. The first kappa shape index (κ1) is 12.0. The van der Waals surface area contributed by atoms with Gasteiger partial charge in [0.1, 0.15) is 5.56 Å². The van der Waals surface area contributed by atoms with E-state index in [4.69, 9.17) is 0 Å². The second-order valence-electron chi connectivity index (χ2n) is 4.07. The molecule has 1 aromatic heterocycles. The van der Waals surface area contributed by atoms with Crippen molar-refractivity contribution in [2.45, 2.75) is 13.8 Å². The molecule has 0 fully saturated rings. The molecule has 2 rings (SSSR count). The first-order valence-corrected chi connectivity index (χ1v) is 5.49. The van der Waals surface area contributed by atoms with Crippen molar-refractivity contribution >= 4 is 11.6 Å². The van der Waals surface area contributed by atoms with Crippen LogP contribution < -0.4 is 10.9 Å². The van der Waals surface area contributed by atoms with Crippen LogP contribution >= 0.6 is 0 Å². The van der Waals surface area contributed by atoms with Gasteiger partial charge in [0.2, 0.25) is 0 Å². The molecule has 1 amide bonds. The third-order valence-corrected chi connectivity index (χ3v) is 2.60. The summed E-state index contributed by atoms with van der Waals surface area (Å²) in [7, 11) is 0. The van der Waals surface area contributed by atoms with Crippen LogP contribution in [0.5, 0.6) is 0 Å². The molecule has 0 radical (unpaired) electrons. The monoisotopic (exact) mass is 243 g/mol. The number of aryl methyl sites for hydroxylation is 2. The number of amides is 1. The van der Waals surface area contributed by atoms with Crippen LogP contribution in [0.4, 0.5) is 5.69 Å². The van der Waals surface area contributed by atoms with Gasteiger partial charge < -0.3 is 10.3 Å². The molecule has 1 aromatic carbocycles. The molecule has 0 aliphatic carbocycles. The summed E-state index contributed by atoms with van der Waals surface area (Å²) in [5, 5.41) is 2.71. The van der Waals surface area contributed by atoms with Gasteiger partial charge in [-0.2, -0.15) is 0 Å². The first-order valence-electron chi connectivity index (χ1n) is 5.49. The van der Waals surface area contributed by atoms with Gasteiger partial charge in [-0.3, -0.25) is 9.59 Å². The van der Waals surface area contributed by atoms with Gasteiger partial charge in [0, 0.05) is 11.9 Å². The van der Waals surface area contributed by atoms with Crippen LogP contribution in [0.2, 0.25) is 0 Å². The van der Waals surface area contributed by atoms with Crippen molar-refractivity contribution in [2.75, 3.05) is 5.32 Å². The predicted octanol–water partition coefficient (Wildman–Crippen LogP) is 1.64. The number of nitrogens with zero attached hydrogens (tertiary/aromatic N) is 1. The number of hydrogen-bond acceptors (Lipinski definition) is 3. The maximum Gasteiger partial charge on any atom is 0.263 e. The quantitative estimate of drug-likeness (QED) is 0.842. The molecule has 5 heteroatoms.